The summed E-state index contributed by atoms with van der Waals surface area (Å²) in [4.78, 5) is 21.2. The van der Waals surface area contributed by atoms with Crippen molar-refractivity contribution in [1.29, 1.82) is 0 Å². The molecule has 1 atom stereocenters. The Bertz CT molecular complexity index is 858. The Morgan fingerprint density at radius 1 is 1.37 bits per heavy atom. The van der Waals surface area contributed by atoms with Crippen LogP contribution in [0.4, 0.5) is 10.6 Å². The largest absolute Gasteiger partial charge is 0.444 e. The zero-order valence-electron chi connectivity index (χ0n) is 16.9. The zero-order valence-corrected chi connectivity index (χ0v) is 18.5. The fraction of sp³-hybridized carbons (Fsp3) is 0.632. The molecule has 3 rings (SSSR count). The lowest BCUT2D eigenvalue weighted by atomic mass is 10.2. The third-order valence-electron chi connectivity index (χ3n) is 4.67. The summed E-state index contributed by atoms with van der Waals surface area (Å²) < 4.78 is 8.35. The van der Waals surface area contributed by atoms with Gasteiger partial charge < -0.3 is 14.5 Å². The first kappa shape index (κ1) is 19.9. The molecule has 1 fully saturated rings. The van der Waals surface area contributed by atoms with Crippen LogP contribution in [0.15, 0.2) is 10.5 Å². The van der Waals surface area contributed by atoms with Crippen LogP contribution in [0, 0.1) is 6.92 Å². The molecule has 8 heteroatoms. The third-order valence-corrected chi connectivity index (χ3v) is 5.48. The van der Waals surface area contributed by atoms with Crippen LogP contribution >= 0.6 is 15.9 Å². The number of amides is 1. The van der Waals surface area contributed by atoms with Gasteiger partial charge in [0.1, 0.15) is 11.4 Å². The van der Waals surface area contributed by atoms with E-state index in [1.165, 1.54) is 0 Å². The van der Waals surface area contributed by atoms with Crippen molar-refractivity contribution in [3.05, 3.63) is 21.9 Å². The van der Waals surface area contributed by atoms with Crippen LogP contribution in [0.2, 0.25) is 0 Å². The van der Waals surface area contributed by atoms with E-state index in [2.05, 4.69) is 45.8 Å². The van der Waals surface area contributed by atoms with E-state index in [0.29, 0.717) is 13.1 Å². The van der Waals surface area contributed by atoms with Gasteiger partial charge in [0.25, 0.3) is 0 Å². The highest BCUT2D eigenvalue weighted by molar-refractivity contribution is 9.10. The van der Waals surface area contributed by atoms with Crippen molar-refractivity contribution in [3.8, 4) is 0 Å². The van der Waals surface area contributed by atoms with Crippen LogP contribution in [-0.4, -0.2) is 56.9 Å². The predicted molar refractivity (Wildman–Crippen MR) is 109 cm³/mol. The van der Waals surface area contributed by atoms with Gasteiger partial charge in [-0.25, -0.2) is 14.3 Å². The number of hydrogen-bond acceptors (Lipinski definition) is 5. The van der Waals surface area contributed by atoms with Gasteiger partial charge in [0, 0.05) is 37.4 Å². The Morgan fingerprint density at radius 3 is 2.67 bits per heavy atom. The summed E-state index contributed by atoms with van der Waals surface area (Å²) in [5.74, 6) is 0.916. The van der Waals surface area contributed by atoms with Crippen LogP contribution in [0.5, 0.6) is 0 Å². The summed E-state index contributed by atoms with van der Waals surface area (Å²) in [7, 11) is 0. The number of ether oxygens (including phenoxy) is 1. The second kappa shape index (κ2) is 7.30. The molecule has 2 aromatic rings. The summed E-state index contributed by atoms with van der Waals surface area (Å²) in [5.41, 5.74) is 2.40. The van der Waals surface area contributed by atoms with E-state index >= 15 is 0 Å². The van der Waals surface area contributed by atoms with Crippen molar-refractivity contribution in [2.45, 2.75) is 59.6 Å². The number of fused-ring (bicyclic) bond motifs is 1. The SMILES string of the molecule is CCc1nn2c(C)cc(N3CCN(C(=O)OC(C)(C)C)C[C@@H]3C)nc2c1Br. The van der Waals surface area contributed by atoms with Crippen molar-refractivity contribution in [2.75, 3.05) is 24.5 Å². The molecule has 7 nitrogen and oxygen atoms in total. The standard InChI is InChI=1S/C19H28BrN5O2/c1-7-14-16(20)17-21-15(10-12(2)25(17)22-14)24-9-8-23(11-13(24)3)18(26)27-19(4,5)6/h10,13H,7-9,11H2,1-6H3/t13-/m0/s1. The second-order valence-electron chi connectivity index (χ2n) is 8.07. The van der Waals surface area contributed by atoms with Gasteiger partial charge >= 0.3 is 6.09 Å². The number of carbonyl (C=O) groups excluding carboxylic acids is 1. The van der Waals surface area contributed by atoms with E-state index in [1.807, 2.05) is 32.2 Å². The maximum atomic E-state index is 12.4. The molecule has 1 amide bonds. The van der Waals surface area contributed by atoms with Crippen molar-refractivity contribution >= 4 is 33.5 Å². The highest BCUT2D eigenvalue weighted by Gasteiger charge is 2.31. The van der Waals surface area contributed by atoms with Gasteiger partial charge in [-0.05, 0) is 57.0 Å². The first-order chi connectivity index (χ1) is 12.6. The van der Waals surface area contributed by atoms with Gasteiger partial charge in [0.15, 0.2) is 5.65 Å². The molecule has 0 bridgehead atoms. The molecular formula is C19H28BrN5O2. The first-order valence-corrected chi connectivity index (χ1v) is 10.2. The van der Waals surface area contributed by atoms with Crippen LogP contribution in [0.1, 0.15) is 46.0 Å². The predicted octanol–water partition coefficient (Wildman–Crippen LogP) is 3.81. The number of piperazine rings is 1. The molecule has 148 valence electrons. The summed E-state index contributed by atoms with van der Waals surface area (Å²) in [6.07, 6.45) is 0.601. The third kappa shape index (κ3) is 4.05. The van der Waals surface area contributed by atoms with Crippen molar-refractivity contribution in [3.63, 3.8) is 0 Å². The Morgan fingerprint density at radius 2 is 2.07 bits per heavy atom. The monoisotopic (exact) mass is 437 g/mol. The minimum absolute atomic E-state index is 0.146. The van der Waals surface area contributed by atoms with Crippen LogP contribution in [0.3, 0.4) is 0 Å². The average Bonchev–Trinajstić information content (AvgIpc) is 2.90. The molecule has 0 aromatic carbocycles. The lowest BCUT2D eigenvalue weighted by molar-refractivity contribution is 0.0218. The fourth-order valence-corrected chi connectivity index (χ4v) is 3.94. The lowest BCUT2D eigenvalue weighted by Gasteiger charge is -2.40. The lowest BCUT2D eigenvalue weighted by Crippen LogP contribution is -2.54. The Balaban J connectivity index is 1.82. The highest BCUT2D eigenvalue weighted by Crippen LogP contribution is 2.27. The molecule has 27 heavy (non-hydrogen) atoms. The van der Waals surface area contributed by atoms with Gasteiger partial charge in [-0.15, -0.1) is 0 Å². The summed E-state index contributed by atoms with van der Waals surface area (Å²) >= 11 is 3.64. The van der Waals surface area contributed by atoms with Crippen LogP contribution in [0.25, 0.3) is 5.65 Å². The smallest absolute Gasteiger partial charge is 0.410 e. The maximum absolute atomic E-state index is 12.4. The molecule has 1 aliphatic rings. The number of aryl methyl sites for hydroxylation is 2. The quantitative estimate of drug-likeness (QED) is 0.714. The molecule has 0 spiro atoms. The Hall–Kier alpha value is -1.83. The molecule has 2 aromatic heterocycles. The molecule has 0 aliphatic carbocycles. The highest BCUT2D eigenvalue weighted by atomic mass is 79.9. The molecule has 3 heterocycles. The second-order valence-corrected chi connectivity index (χ2v) is 8.87. The minimum Gasteiger partial charge on any atom is -0.444 e. The van der Waals surface area contributed by atoms with Gasteiger partial charge in [-0.2, -0.15) is 5.10 Å². The van der Waals surface area contributed by atoms with Gasteiger partial charge in [-0.3, -0.25) is 0 Å². The van der Waals surface area contributed by atoms with E-state index in [9.17, 15) is 4.79 Å². The molecule has 0 unspecified atom stereocenters. The van der Waals surface area contributed by atoms with Gasteiger partial charge in [-0.1, -0.05) is 6.92 Å². The van der Waals surface area contributed by atoms with E-state index < -0.39 is 5.60 Å². The molecule has 1 aliphatic heterocycles. The summed E-state index contributed by atoms with van der Waals surface area (Å²) in [6.45, 7) is 13.9. The van der Waals surface area contributed by atoms with E-state index in [0.717, 1.165) is 40.3 Å². The summed E-state index contributed by atoms with van der Waals surface area (Å²) in [6, 6.07) is 2.21. The maximum Gasteiger partial charge on any atom is 0.410 e. The number of rotatable bonds is 2. The number of halogens is 1. The zero-order chi connectivity index (χ0) is 19.9. The van der Waals surface area contributed by atoms with Crippen molar-refractivity contribution in [2.24, 2.45) is 0 Å². The number of hydrogen-bond donors (Lipinski definition) is 0. The summed E-state index contributed by atoms with van der Waals surface area (Å²) in [5, 5.41) is 4.62. The fourth-order valence-electron chi connectivity index (χ4n) is 3.33. The van der Waals surface area contributed by atoms with Gasteiger partial charge in [0.2, 0.25) is 0 Å². The molecule has 0 saturated carbocycles. The van der Waals surface area contributed by atoms with E-state index in [4.69, 9.17) is 9.72 Å². The number of nitrogens with zero attached hydrogens (tertiary/aromatic N) is 5. The van der Waals surface area contributed by atoms with Gasteiger partial charge in [0.05, 0.1) is 10.2 Å². The number of anilines is 1. The molecule has 0 radical (unpaired) electrons. The molecule has 1 saturated heterocycles. The molecular weight excluding hydrogens is 410 g/mol. The average molecular weight is 438 g/mol. The topological polar surface area (TPSA) is 63.0 Å². The Kier molecular flexibility index (Phi) is 5.38. The van der Waals surface area contributed by atoms with Crippen molar-refractivity contribution in [1.82, 2.24) is 19.5 Å². The van der Waals surface area contributed by atoms with E-state index in [1.54, 1.807) is 4.90 Å². The van der Waals surface area contributed by atoms with Crippen molar-refractivity contribution < 1.29 is 9.53 Å². The van der Waals surface area contributed by atoms with Crippen LogP contribution < -0.4 is 4.90 Å². The van der Waals surface area contributed by atoms with Crippen LogP contribution in [-0.2, 0) is 11.2 Å². The first-order valence-electron chi connectivity index (χ1n) is 9.40. The minimum atomic E-state index is -0.480. The number of carbonyl (C=O) groups is 1. The Labute approximate surface area is 168 Å². The normalized spacial score (nSPS) is 18.3. The molecule has 0 N–H and O–H groups in total. The van der Waals surface area contributed by atoms with E-state index in [-0.39, 0.29) is 12.1 Å². The number of aromatic nitrogens is 3.